The molecule has 0 aromatic rings. The van der Waals surface area contributed by atoms with Crippen LogP contribution in [-0.4, -0.2) is 12.1 Å². The highest BCUT2D eigenvalue weighted by Gasteiger charge is 2.21. The van der Waals surface area contributed by atoms with E-state index in [-0.39, 0.29) is 0 Å². The van der Waals surface area contributed by atoms with Crippen molar-refractivity contribution >= 4 is 0 Å². The molecule has 0 aromatic heterocycles. The molecule has 0 fully saturated rings. The maximum Gasteiger partial charge on any atom is 0.136 e. The van der Waals surface area contributed by atoms with Crippen LogP contribution in [0.5, 0.6) is 0 Å². The lowest BCUT2D eigenvalue weighted by Crippen LogP contribution is -2.18. The summed E-state index contributed by atoms with van der Waals surface area (Å²) in [7, 11) is 0. The van der Waals surface area contributed by atoms with Crippen molar-refractivity contribution in [2.45, 2.75) is 31.3 Å². The van der Waals surface area contributed by atoms with Gasteiger partial charge in [-0.25, -0.2) is 0 Å². The minimum Gasteiger partial charge on any atom is -0.150 e. The van der Waals surface area contributed by atoms with Gasteiger partial charge in [0.1, 0.15) is 12.1 Å². The molecular weight excluding hydrogens is 144 g/mol. The Labute approximate surface area is 64.6 Å². The number of rotatable bonds is 2. The second kappa shape index (κ2) is 3.95. The number of nitrogens with zero attached hydrogens (tertiary/aromatic N) is 2. The molecule has 0 bridgehead atoms. The summed E-state index contributed by atoms with van der Waals surface area (Å²) in [5, 5.41) is 5.69. The van der Waals surface area contributed by atoms with Gasteiger partial charge < -0.3 is 0 Å². The van der Waals surface area contributed by atoms with Gasteiger partial charge in [0.05, 0.1) is 0 Å². The first-order chi connectivity index (χ1) is 5.38. The first-order valence-electron chi connectivity index (χ1n) is 3.70. The molecule has 0 amide bonds. The van der Waals surface area contributed by atoms with Gasteiger partial charge >= 0.3 is 0 Å². The summed E-state index contributed by atoms with van der Waals surface area (Å²) in [4.78, 5) is 20.4. The molecule has 4 heteroatoms. The second-order valence-corrected chi connectivity index (χ2v) is 2.63. The van der Waals surface area contributed by atoms with E-state index in [1.165, 1.54) is 0 Å². The number of hydrogen-bond acceptors (Lipinski definition) is 4. The van der Waals surface area contributed by atoms with E-state index in [0.717, 1.165) is 12.8 Å². The molecule has 0 N–H and O–H groups in total. The third kappa shape index (κ3) is 1.93. The lowest BCUT2D eigenvalue weighted by molar-refractivity contribution is 0.550. The monoisotopic (exact) mass is 154 g/mol. The second-order valence-electron chi connectivity index (χ2n) is 2.63. The molecule has 0 saturated heterocycles. The zero-order valence-electron chi connectivity index (χ0n) is 6.14. The summed E-state index contributed by atoms with van der Waals surface area (Å²) < 4.78 is 0. The van der Waals surface area contributed by atoms with Crippen LogP contribution >= 0.6 is 0 Å². The third-order valence-corrected chi connectivity index (χ3v) is 1.86. The molecule has 0 heterocycles. The summed E-state index contributed by atoms with van der Waals surface area (Å²) in [6.07, 6.45) is 6.06. The Bertz CT molecular complexity index is 179. The van der Waals surface area contributed by atoms with E-state index in [2.05, 4.69) is 10.4 Å². The van der Waals surface area contributed by atoms with E-state index in [9.17, 15) is 9.81 Å². The summed E-state index contributed by atoms with van der Waals surface area (Å²) in [5.41, 5.74) is 0. The number of nitroso groups, excluding NO2 is 2. The standard InChI is InChI=1S/C7H10N2O2/c10-8-6-4-2-1-3-5-7(6)9-11/h2,4,6-7H,1,3,5H2. The third-order valence-electron chi connectivity index (χ3n) is 1.86. The normalized spacial score (nSPS) is 30.9. The van der Waals surface area contributed by atoms with E-state index in [1.807, 2.05) is 6.08 Å². The van der Waals surface area contributed by atoms with Crippen LogP contribution in [0.2, 0.25) is 0 Å². The summed E-state index contributed by atoms with van der Waals surface area (Å²) in [5.74, 6) is 0. The Kier molecular flexibility index (Phi) is 2.89. The van der Waals surface area contributed by atoms with Crippen LogP contribution in [0.25, 0.3) is 0 Å². The lowest BCUT2D eigenvalue weighted by atomic mass is 10.1. The van der Waals surface area contributed by atoms with Gasteiger partial charge in [-0.05, 0) is 19.3 Å². The molecule has 4 nitrogen and oxygen atoms in total. The van der Waals surface area contributed by atoms with E-state index in [0.29, 0.717) is 6.42 Å². The van der Waals surface area contributed by atoms with Crippen molar-refractivity contribution in [2.75, 3.05) is 0 Å². The van der Waals surface area contributed by atoms with E-state index >= 15 is 0 Å². The molecular formula is C7H10N2O2. The maximum absolute atomic E-state index is 10.2. The van der Waals surface area contributed by atoms with E-state index in [1.54, 1.807) is 6.08 Å². The zero-order valence-corrected chi connectivity index (χ0v) is 6.14. The highest BCUT2D eigenvalue weighted by Crippen LogP contribution is 2.17. The maximum atomic E-state index is 10.2. The molecule has 11 heavy (non-hydrogen) atoms. The first-order valence-corrected chi connectivity index (χ1v) is 3.70. The van der Waals surface area contributed by atoms with Crippen LogP contribution in [0.3, 0.4) is 0 Å². The average molecular weight is 154 g/mol. The quantitative estimate of drug-likeness (QED) is 0.451. The minimum absolute atomic E-state index is 0.439. The fraction of sp³-hybridized carbons (Fsp3) is 0.714. The molecule has 1 aliphatic rings. The average Bonchev–Trinajstić information content (AvgIpc) is 2.27. The molecule has 2 atom stereocenters. The van der Waals surface area contributed by atoms with Gasteiger partial charge in [-0.15, -0.1) is 0 Å². The van der Waals surface area contributed by atoms with Gasteiger partial charge in [-0.2, -0.15) is 9.81 Å². The Morgan fingerprint density at radius 3 is 2.73 bits per heavy atom. The molecule has 1 rings (SSSR count). The zero-order chi connectivity index (χ0) is 8.10. The lowest BCUT2D eigenvalue weighted by Gasteiger charge is -2.06. The van der Waals surface area contributed by atoms with Crippen LogP contribution in [0.4, 0.5) is 0 Å². The highest BCUT2D eigenvalue weighted by molar-refractivity contribution is 5.02. The van der Waals surface area contributed by atoms with Gasteiger partial charge in [0, 0.05) is 0 Å². The van der Waals surface area contributed by atoms with Gasteiger partial charge in [0.15, 0.2) is 0 Å². The van der Waals surface area contributed by atoms with Crippen molar-refractivity contribution in [3.63, 3.8) is 0 Å². The molecule has 2 unspecified atom stereocenters. The number of hydrogen-bond donors (Lipinski definition) is 0. The van der Waals surface area contributed by atoms with Crippen molar-refractivity contribution in [1.82, 2.24) is 0 Å². The highest BCUT2D eigenvalue weighted by atomic mass is 16.3. The first kappa shape index (κ1) is 8.04. The molecule has 0 radical (unpaired) electrons. The summed E-state index contributed by atoms with van der Waals surface area (Å²) >= 11 is 0. The summed E-state index contributed by atoms with van der Waals surface area (Å²) in [6.45, 7) is 0. The Balaban J connectivity index is 2.65. The SMILES string of the molecule is O=NC1C=CCCCC1N=O. The van der Waals surface area contributed by atoms with Crippen LogP contribution < -0.4 is 0 Å². The van der Waals surface area contributed by atoms with Gasteiger partial charge in [-0.3, -0.25) is 0 Å². The van der Waals surface area contributed by atoms with Crippen LogP contribution in [0, 0.1) is 9.81 Å². The van der Waals surface area contributed by atoms with Crippen LogP contribution in [0.1, 0.15) is 19.3 Å². The minimum atomic E-state index is -0.532. The molecule has 0 aromatic carbocycles. The van der Waals surface area contributed by atoms with E-state index in [4.69, 9.17) is 0 Å². The molecule has 60 valence electrons. The predicted molar refractivity (Wildman–Crippen MR) is 42.2 cm³/mol. The Morgan fingerprint density at radius 1 is 1.27 bits per heavy atom. The predicted octanol–water partition coefficient (Wildman–Crippen LogP) is 2.00. The van der Waals surface area contributed by atoms with Gasteiger partial charge in [-0.1, -0.05) is 22.5 Å². The fourth-order valence-electron chi connectivity index (χ4n) is 1.20. The smallest absolute Gasteiger partial charge is 0.136 e. The van der Waals surface area contributed by atoms with Crippen molar-refractivity contribution in [3.05, 3.63) is 22.0 Å². The van der Waals surface area contributed by atoms with Crippen molar-refractivity contribution in [1.29, 1.82) is 0 Å². The molecule has 0 spiro atoms. The molecule has 1 aliphatic carbocycles. The number of allylic oxidation sites excluding steroid dienone is 1. The Morgan fingerprint density at radius 2 is 2.09 bits per heavy atom. The van der Waals surface area contributed by atoms with Crippen molar-refractivity contribution in [3.8, 4) is 0 Å². The topological polar surface area (TPSA) is 58.9 Å². The fourth-order valence-corrected chi connectivity index (χ4v) is 1.20. The molecule has 0 aliphatic heterocycles. The summed E-state index contributed by atoms with van der Waals surface area (Å²) in [6, 6.07) is -0.971. The van der Waals surface area contributed by atoms with Crippen molar-refractivity contribution < 1.29 is 0 Å². The Hall–Kier alpha value is -1.06. The van der Waals surface area contributed by atoms with Crippen LogP contribution in [-0.2, 0) is 0 Å². The van der Waals surface area contributed by atoms with Gasteiger partial charge in [0.25, 0.3) is 0 Å². The van der Waals surface area contributed by atoms with Gasteiger partial charge in [0.2, 0.25) is 0 Å². The van der Waals surface area contributed by atoms with E-state index < -0.39 is 12.1 Å². The largest absolute Gasteiger partial charge is 0.150 e. The van der Waals surface area contributed by atoms with Crippen molar-refractivity contribution in [2.24, 2.45) is 10.4 Å². The molecule has 0 saturated carbocycles. The van der Waals surface area contributed by atoms with Crippen LogP contribution in [0.15, 0.2) is 22.5 Å².